The van der Waals surface area contributed by atoms with Gasteiger partial charge in [-0.2, -0.15) is 0 Å². The maximum absolute atomic E-state index is 11.6. The van der Waals surface area contributed by atoms with Crippen LogP contribution in [0.3, 0.4) is 0 Å². The summed E-state index contributed by atoms with van der Waals surface area (Å²) in [5.74, 6) is 0.769. The van der Waals surface area contributed by atoms with Gasteiger partial charge in [-0.3, -0.25) is 4.79 Å². The Balaban J connectivity index is 3.15. The van der Waals surface area contributed by atoms with Gasteiger partial charge >= 0.3 is 0 Å². The fourth-order valence-electron chi connectivity index (χ4n) is 2.45. The maximum atomic E-state index is 11.6. The van der Waals surface area contributed by atoms with E-state index in [2.05, 4.69) is 6.92 Å². The Morgan fingerprint density at radius 3 is 1.45 bits per heavy atom. The van der Waals surface area contributed by atoms with E-state index in [1.165, 1.54) is 51.4 Å². The summed E-state index contributed by atoms with van der Waals surface area (Å²) in [6, 6.07) is 0. The Bertz CT molecular complexity index is 246. The van der Waals surface area contributed by atoms with Crippen molar-refractivity contribution in [3.63, 3.8) is 0 Å². The fraction of sp³-hybridized carbons (Fsp3) is 0.889. The van der Waals surface area contributed by atoms with Gasteiger partial charge in [0.1, 0.15) is 11.6 Å². The summed E-state index contributed by atoms with van der Waals surface area (Å²) in [6.45, 7) is 3.86. The Kier molecular flexibility index (Phi) is 14.3. The predicted octanol–water partition coefficient (Wildman–Crippen LogP) is 5.63. The number of rotatable bonds is 15. The van der Waals surface area contributed by atoms with E-state index in [1.807, 2.05) is 0 Å². The molecule has 2 nitrogen and oxygen atoms in total. The summed E-state index contributed by atoms with van der Waals surface area (Å²) in [6.07, 6.45) is 15.3. The van der Waals surface area contributed by atoms with E-state index < -0.39 is 0 Å². The number of unbranched alkanes of at least 4 members (excludes halogenated alkanes) is 9. The van der Waals surface area contributed by atoms with Gasteiger partial charge in [-0.15, -0.1) is 0 Å². The zero-order valence-corrected chi connectivity index (χ0v) is 13.7. The van der Waals surface area contributed by atoms with Crippen molar-refractivity contribution in [2.75, 3.05) is 0 Å². The quantitative estimate of drug-likeness (QED) is 0.365. The van der Waals surface area contributed by atoms with Crippen LogP contribution in [0, 0.1) is 0 Å². The molecular weight excluding hydrogens is 248 g/mol. The SMILES string of the molecule is CCCCCCC(=O)CCCCCCCCCC(C)=O. The van der Waals surface area contributed by atoms with Gasteiger partial charge in [0.15, 0.2) is 0 Å². The number of carbonyl (C=O) groups excluding carboxylic acids is 2. The molecule has 0 aliphatic heterocycles. The van der Waals surface area contributed by atoms with Crippen molar-refractivity contribution in [3.8, 4) is 0 Å². The summed E-state index contributed by atoms with van der Waals surface area (Å²) in [7, 11) is 0. The molecule has 0 unspecified atom stereocenters. The molecule has 0 saturated carbocycles. The van der Waals surface area contributed by atoms with Crippen LogP contribution >= 0.6 is 0 Å². The number of ketones is 2. The second kappa shape index (κ2) is 14.7. The Morgan fingerprint density at radius 2 is 1.00 bits per heavy atom. The fourth-order valence-corrected chi connectivity index (χ4v) is 2.45. The van der Waals surface area contributed by atoms with Crippen LogP contribution in [0.5, 0.6) is 0 Å². The monoisotopic (exact) mass is 282 g/mol. The average molecular weight is 282 g/mol. The summed E-state index contributed by atoms with van der Waals surface area (Å²) in [4.78, 5) is 22.4. The first kappa shape index (κ1) is 19.3. The zero-order chi connectivity index (χ0) is 15.1. The van der Waals surface area contributed by atoms with Crippen molar-refractivity contribution in [3.05, 3.63) is 0 Å². The van der Waals surface area contributed by atoms with E-state index >= 15 is 0 Å². The highest BCUT2D eigenvalue weighted by atomic mass is 16.1. The molecule has 0 bridgehead atoms. The average Bonchev–Trinajstić information content (AvgIpc) is 2.41. The van der Waals surface area contributed by atoms with Crippen molar-refractivity contribution in [2.24, 2.45) is 0 Å². The lowest BCUT2D eigenvalue weighted by Gasteiger charge is -2.02. The minimum Gasteiger partial charge on any atom is -0.300 e. The van der Waals surface area contributed by atoms with Gasteiger partial charge in [0, 0.05) is 19.3 Å². The van der Waals surface area contributed by atoms with Crippen molar-refractivity contribution in [2.45, 2.75) is 104 Å². The third-order valence-electron chi connectivity index (χ3n) is 3.79. The van der Waals surface area contributed by atoms with Crippen LogP contribution in [-0.2, 0) is 9.59 Å². The molecule has 0 saturated heterocycles. The highest BCUT2D eigenvalue weighted by Gasteiger charge is 2.01. The van der Waals surface area contributed by atoms with E-state index in [1.54, 1.807) is 6.92 Å². The Hall–Kier alpha value is -0.660. The molecule has 20 heavy (non-hydrogen) atoms. The summed E-state index contributed by atoms with van der Waals surface area (Å²) in [5, 5.41) is 0. The summed E-state index contributed by atoms with van der Waals surface area (Å²) >= 11 is 0. The third-order valence-corrected chi connectivity index (χ3v) is 3.79. The number of hydrogen-bond donors (Lipinski definition) is 0. The molecule has 0 fully saturated rings. The topological polar surface area (TPSA) is 34.1 Å². The lowest BCUT2D eigenvalue weighted by Crippen LogP contribution is -1.97. The molecule has 0 aliphatic rings. The van der Waals surface area contributed by atoms with Crippen molar-refractivity contribution < 1.29 is 9.59 Å². The normalized spacial score (nSPS) is 10.7. The van der Waals surface area contributed by atoms with Gasteiger partial charge in [0.05, 0.1) is 0 Å². The number of carbonyl (C=O) groups is 2. The third kappa shape index (κ3) is 15.4. The van der Waals surface area contributed by atoms with Crippen molar-refractivity contribution >= 4 is 11.6 Å². The highest BCUT2D eigenvalue weighted by molar-refractivity contribution is 5.78. The van der Waals surface area contributed by atoms with E-state index in [0.717, 1.165) is 38.5 Å². The molecule has 0 aliphatic carbocycles. The molecule has 0 rings (SSSR count). The van der Waals surface area contributed by atoms with Crippen molar-refractivity contribution in [1.29, 1.82) is 0 Å². The molecule has 0 amide bonds. The van der Waals surface area contributed by atoms with Gasteiger partial charge in [-0.1, -0.05) is 58.3 Å². The summed E-state index contributed by atoms with van der Waals surface area (Å²) in [5.41, 5.74) is 0. The number of Topliss-reactive ketones (excluding diaryl/α,β-unsaturated/α-hetero) is 2. The molecule has 0 aromatic rings. The van der Waals surface area contributed by atoms with Crippen LogP contribution < -0.4 is 0 Å². The molecule has 0 heterocycles. The lowest BCUT2D eigenvalue weighted by atomic mass is 10.0. The van der Waals surface area contributed by atoms with Crippen LogP contribution in [0.4, 0.5) is 0 Å². The minimum absolute atomic E-state index is 0.308. The maximum Gasteiger partial charge on any atom is 0.132 e. The van der Waals surface area contributed by atoms with Crippen LogP contribution in [0.15, 0.2) is 0 Å². The van der Waals surface area contributed by atoms with Crippen molar-refractivity contribution in [1.82, 2.24) is 0 Å². The first-order valence-electron chi connectivity index (χ1n) is 8.68. The first-order valence-corrected chi connectivity index (χ1v) is 8.68. The Morgan fingerprint density at radius 1 is 0.600 bits per heavy atom. The predicted molar refractivity (Wildman–Crippen MR) is 86.0 cm³/mol. The van der Waals surface area contributed by atoms with Crippen LogP contribution in [0.1, 0.15) is 104 Å². The molecule has 0 atom stereocenters. The van der Waals surface area contributed by atoms with Crippen LogP contribution in [0.25, 0.3) is 0 Å². The van der Waals surface area contributed by atoms with E-state index in [9.17, 15) is 9.59 Å². The van der Waals surface area contributed by atoms with Gasteiger partial charge < -0.3 is 4.79 Å². The van der Waals surface area contributed by atoms with E-state index in [0.29, 0.717) is 11.6 Å². The first-order chi connectivity index (χ1) is 9.66. The van der Waals surface area contributed by atoms with Gasteiger partial charge in [-0.05, 0) is 26.2 Å². The smallest absolute Gasteiger partial charge is 0.132 e. The van der Waals surface area contributed by atoms with Gasteiger partial charge in [0.2, 0.25) is 0 Å². The van der Waals surface area contributed by atoms with Gasteiger partial charge in [-0.25, -0.2) is 0 Å². The van der Waals surface area contributed by atoms with Crippen LogP contribution in [-0.4, -0.2) is 11.6 Å². The Labute approximate surface area is 125 Å². The van der Waals surface area contributed by atoms with E-state index in [-0.39, 0.29) is 0 Å². The molecule has 0 N–H and O–H groups in total. The molecule has 118 valence electrons. The molecule has 2 heteroatoms. The zero-order valence-electron chi connectivity index (χ0n) is 13.7. The van der Waals surface area contributed by atoms with Gasteiger partial charge in [0.25, 0.3) is 0 Å². The molecular formula is C18H34O2. The minimum atomic E-state index is 0.308. The lowest BCUT2D eigenvalue weighted by molar-refractivity contribution is -0.119. The standard InChI is InChI=1S/C18H34O2/c1-3-4-5-12-15-18(20)16-13-10-8-6-7-9-11-14-17(2)19/h3-16H2,1-2H3. The number of hydrogen-bond acceptors (Lipinski definition) is 2. The van der Waals surface area contributed by atoms with Crippen LogP contribution in [0.2, 0.25) is 0 Å². The highest BCUT2D eigenvalue weighted by Crippen LogP contribution is 2.11. The second-order valence-corrected chi connectivity index (χ2v) is 6.03. The second-order valence-electron chi connectivity index (χ2n) is 6.03. The summed E-state index contributed by atoms with van der Waals surface area (Å²) < 4.78 is 0. The largest absolute Gasteiger partial charge is 0.300 e. The molecule has 0 spiro atoms. The molecule has 0 aromatic carbocycles. The molecule has 0 radical (unpaired) electrons. The van der Waals surface area contributed by atoms with E-state index in [4.69, 9.17) is 0 Å². The molecule has 0 aromatic heterocycles.